The first-order valence-electron chi connectivity index (χ1n) is 9.46. The summed E-state index contributed by atoms with van der Waals surface area (Å²) in [6, 6.07) is 15.5. The number of nitrogens with zero attached hydrogens (tertiary/aromatic N) is 2. The number of hydrogen-bond donors (Lipinski definition) is 0. The molecule has 0 unspecified atom stereocenters. The van der Waals surface area contributed by atoms with Crippen LogP contribution in [0.1, 0.15) is 35.7 Å². The van der Waals surface area contributed by atoms with Crippen LogP contribution in [0.2, 0.25) is 0 Å². The van der Waals surface area contributed by atoms with Gasteiger partial charge in [0.15, 0.2) is 0 Å². The highest BCUT2D eigenvalue weighted by atomic mass is 19.1. The maximum absolute atomic E-state index is 13.1. The summed E-state index contributed by atoms with van der Waals surface area (Å²) < 4.78 is 13.1. The number of amides is 2. The molecule has 3 rings (SSSR count). The molecule has 1 aliphatic rings. The molecule has 0 bridgehead atoms. The molecule has 142 valence electrons. The van der Waals surface area contributed by atoms with E-state index in [1.165, 1.54) is 24.3 Å². The van der Waals surface area contributed by atoms with Gasteiger partial charge in [0, 0.05) is 31.7 Å². The molecule has 1 aliphatic heterocycles. The molecule has 0 aromatic heterocycles. The van der Waals surface area contributed by atoms with E-state index in [2.05, 4.69) is 0 Å². The summed E-state index contributed by atoms with van der Waals surface area (Å²) in [5.41, 5.74) is 1.56. The molecule has 5 heteroatoms. The van der Waals surface area contributed by atoms with E-state index in [9.17, 15) is 14.0 Å². The minimum absolute atomic E-state index is 0.0953. The zero-order valence-electron chi connectivity index (χ0n) is 15.6. The maximum atomic E-state index is 13.1. The normalized spacial score (nSPS) is 16.8. The summed E-state index contributed by atoms with van der Waals surface area (Å²) in [7, 11) is 0. The van der Waals surface area contributed by atoms with Crippen molar-refractivity contribution in [1.29, 1.82) is 0 Å². The van der Waals surface area contributed by atoms with Crippen LogP contribution in [0.5, 0.6) is 0 Å². The third kappa shape index (κ3) is 4.73. The topological polar surface area (TPSA) is 40.6 Å². The van der Waals surface area contributed by atoms with Crippen LogP contribution in [-0.4, -0.2) is 41.2 Å². The van der Waals surface area contributed by atoms with Crippen molar-refractivity contribution in [3.05, 3.63) is 71.5 Å². The average molecular weight is 368 g/mol. The second kappa shape index (κ2) is 8.80. The molecule has 2 aromatic rings. The highest BCUT2D eigenvalue weighted by Crippen LogP contribution is 2.22. The Hall–Kier alpha value is -2.69. The van der Waals surface area contributed by atoms with Crippen LogP contribution < -0.4 is 0 Å². The summed E-state index contributed by atoms with van der Waals surface area (Å²) in [6.45, 7) is 4.24. The van der Waals surface area contributed by atoms with Gasteiger partial charge in [-0.25, -0.2) is 4.39 Å². The lowest BCUT2D eigenvalue weighted by Crippen LogP contribution is -2.46. The van der Waals surface area contributed by atoms with E-state index in [-0.39, 0.29) is 23.5 Å². The van der Waals surface area contributed by atoms with E-state index in [0.29, 0.717) is 31.7 Å². The number of benzene rings is 2. The number of halogens is 1. The monoisotopic (exact) mass is 368 g/mol. The number of rotatable bonds is 5. The fourth-order valence-corrected chi connectivity index (χ4v) is 3.55. The van der Waals surface area contributed by atoms with Gasteiger partial charge in [0.25, 0.3) is 5.91 Å². The van der Waals surface area contributed by atoms with Crippen LogP contribution >= 0.6 is 0 Å². The molecule has 0 N–H and O–H groups in total. The number of piperidine rings is 1. The number of likely N-dealkylation sites (tertiary alicyclic amines) is 1. The Bertz CT molecular complexity index is 777. The van der Waals surface area contributed by atoms with E-state index in [0.717, 1.165) is 18.4 Å². The molecule has 0 radical (unpaired) electrons. The lowest BCUT2D eigenvalue weighted by atomic mass is 9.95. The van der Waals surface area contributed by atoms with Crippen LogP contribution in [0, 0.1) is 11.7 Å². The molecule has 0 aliphatic carbocycles. The first-order valence-corrected chi connectivity index (χ1v) is 9.46. The van der Waals surface area contributed by atoms with Crippen molar-refractivity contribution in [2.45, 2.75) is 26.3 Å². The molecule has 1 heterocycles. The molecule has 1 atom stereocenters. The second-order valence-corrected chi connectivity index (χ2v) is 6.94. The van der Waals surface area contributed by atoms with Crippen molar-refractivity contribution in [2.24, 2.45) is 5.92 Å². The van der Waals surface area contributed by atoms with E-state index >= 15 is 0 Å². The first kappa shape index (κ1) is 19.1. The highest BCUT2D eigenvalue weighted by Gasteiger charge is 2.31. The smallest absolute Gasteiger partial charge is 0.253 e. The second-order valence-electron chi connectivity index (χ2n) is 6.94. The van der Waals surface area contributed by atoms with Crippen molar-refractivity contribution in [2.75, 3.05) is 19.6 Å². The molecular formula is C22H25FN2O2. The molecule has 4 nitrogen and oxygen atoms in total. The lowest BCUT2D eigenvalue weighted by molar-refractivity contribution is -0.137. The Morgan fingerprint density at radius 2 is 1.81 bits per heavy atom. The van der Waals surface area contributed by atoms with Crippen LogP contribution in [0.15, 0.2) is 54.6 Å². The Morgan fingerprint density at radius 3 is 2.48 bits per heavy atom. The number of carbonyl (C=O) groups excluding carboxylic acids is 2. The summed E-state index contributed by atoms with van der Waals surface area (Å²) >= 11 is 0. The molecule has 0 saturated carbocycles. The van der Waals surface area contributed by atoms with Crippen LogP contribution in [-0.2, 0) is 11.3 Å². The first-order chi connectivity index (χ1) is 13.1. The number of hydrogen-bond acceptors (Lipinski definition) is 2. The molecule has 1 saturated heterocycles. The predicted molar refractivity (Wildman–Crippen MR) is 103 cm³/mol. The fraction of sp³-hybridized carbons (Fsp3) is 0.364. The quantitative estimate of drug-likeness (QED) is 0.807. The highest BCUT2D eigenvalue weighted by molar-refractivity contribution is 5.94. The van der Waals surface area contributed by atoms with Crippen molar-refractivity contribution >= 4 is 11.8 Å². The van der Waals surface area contributed by atoms with Gasteiger partial charge in [0.05, 0.1) is 5.92 Å². The van der Waals surface area contributed by atoms with E-state index in [1.807, 2.05) is 42.2 Å². The minimum Gasteiger partial charge on any atom is -0.338 e. The van der Waals surface area contributed by atoms with E-state index in [1.54, 1.807) is 4.90 Å². The SMILES string of the molecule is CCN(Cc1ccccc1)C(=O)[C@@H]1CCCN(C(=O)c2ccc(F)cc2)C1. The molecule has 27 heavy (non-hydrogen) atoms. The van der Waals surface area contributed by atoms with E-state index in [4.69, 9.17) is 0 Å². The van der Waals surface area contributed by atoms with Crippen molar-refractivity contribution in [1.82, 2.24) is 9.80 Å². The molecule has 2 amide bonds. The van der Waals surface area contributed by atoms with Gasteiger partial charge in [-0.15, -0.1) is 0 Å². The van der Waals surface area contributed by atoms with Crippen molar-refractivity contribution in [3.8, 4) is 0 Å². The zero-order valence-corrected chi connectivity index (χ0v) is 15.6. The third-order valence-electron chi connectivity index (χ3n) is 5.06. The average Bonchev–Trinajstić information content (AvgIpc) is 2.72. The predicted octanol–water partition coefficient (Wildman–Crippen LogP) is 3.73. The van der Waals surface area contributed by atoms with Gasteiger partial charge in [-0.2, -0.15) is 0 Å². The van der Waals surface area contributed by atoms with Crippen molar-refractivity contribution in [3.63, 3.8) is 0 Å². The van der Waals surface area contributed by atoms with Crippen molar-refractivity contribution < 1.29 is 14.0 Å². The van der Waals surface area contributed by atoms with Gasteiger partial charge in [0.2, 0.25) is 5.91 Å². The summed E-state index contributed by atoms with van der Waals surface area (Å²) in [4.78, 5) is 29.3. The number of carbonyl (C=O) groups is 2. The third-order valence-corrected chi connectivity index (χ3v) is 5.06. The van der Waals surface area contributed by atoms with Gasteiger partial charge in [0.1, 0.15) is 5.82 Å². The van der Waals surface area contributed by atoms with Gasteiger partial charge >= 0.3 is 0 Å². The molecular weight excluding hydrogens is 343 g/mol. The van der Waals surface area contributed by atoms with Crippen LogP contribution in [0.3, 0.4) is 0 Å². The molecule has 2 aromatic carbocycles. The Labute approximate surface area is 159 Å². The van der Waals surface area contributed by atoms with Gasteiger partial charge in [-0.1, -0.05) is 30.3 Å². The Morgan fingerprint density at radius 1 is 1.11 bits per heavy atom. The van der Waals surface area contributed by atoms with E-state index < -0.39 is 0 Å². The summed E-state index contributed by atoms with van der Waals surface area (Å²) in [6.07, 6.45) is 1.59. The fourth-order valence-electron chi connectivity index (χ4n) is 3.55. The van der Waals surface area contributed by atoms with Crippen LogP contribution in [0.4, 0.5) is 4.39 Å². The van der Waals surface area contributed by atoms with Gasteiger partial charge < -0.3 is 9.80 Å². The summed E-state index contributed by atoms with van der Waals surface area (Å²) in [5.74, 6) is -0.596. The molecule has 0 spiro atoms. The zero-order chi connectivity index (χ0) is 19.2. The maximum Gasteiger partial charge on any atom is 0.253 e. The summed E-state index contributed by atoms with van der Waals surface area (Å²) in [5, 5.41) is 0. The Kier molecular flexibility index (Phi) is 6.22. The lowest BCUT2D eigenvalue weighted by Gasteiger charge is -2.35. The molecule has 1 fully saturated rings. The Balaban J connectivity index is 1.66. The standard InChI is InChI=1S/C22H25FN2O2/c1-2-24(15-17-7-4-3-5-8-17)22(27)19-9-6-14-25(16-19)21(26)18-10-12-20(23)13-11-18/h3-5,7-8,10-13,19H,2,6,9,14-16H2,1H3/t19-/m1/s1. The largest absolute Gasteiger partial charge is 0.338 e. The van der Waals surface area contributed by atoms with Gasteiger partial charge in [-0.05, 0) is 49.6 Å². The minimum atomic E-state index is -0.363. The van der Waals surface area contributed by atoms with Gasteiger partial charge in [-0.3, -0.25) is 9.59 Å². The van der Waals surface area contributed by atoms with Crippen LogP contribution in [0.25, 0.3) is 0 Å².